The van der Waals surface area contributed by atoms with Crippen molar-refractivity contribution in [1.29, 1.82) is 0 Å². The second-order valence-electron chi connectivity index (χ2n) is 18.3. The summed E-state index contributed by atoms with van der Waals surface area (Å²) in [5.74, 6) is 3.33. The van der Waals surface area contributed by atoms with Crippen molar-refractivity contribution in [2.24, 2.45) is 0 Å². The Kier molecular flexibility index (Phi) is 10.3. The Morgan fingerprint density at radius 3 is 1.09 bits per heavy atom. The minimum Gasteiger partial charge on any atom is -0.309 e. The fourth-order valence-corrected chi connectivity index (χ4v) is 10.4. The fourth-order valence-electron chi connectivity index (χ4n) is 10.4. The van der Waals surface area contributed by atoms with Crippen molar-refractivity contribution in [2.75, 3.05) is 0 Å². The predicted octanol–water partition coefficient (Wildman–Crippen LogP) is 15.9. The van der Waals surface area contributed by atoms with E-state index in [9.17, 15) is 0 Å². The van der Waals surface area contributed by atoms with Gasteiger partial charge in [-0.3, -0.25) is 0 Å². The van der Waals surface area contributed by atoms with Crippen LogP contribution < -0.4 is 0 Å². The van der Waals surface area contributed by atoms with Gasteiger partial charge in [0, 0.05) is 66.3 Å². The zero-order valence-corrected chi connectivity index (χ0v) is 39.8. The number of hydrogen-bond acceptors (Lipinski definition) is 6. The quantitative estimate of drug-likeness (QED) is 0.143. The highest BCUT2D eigenvalue weighted by Gasteiger charge is 2.22. The molecule has 0 unspecified atom stereocenters. The van der Waals surface area contributed by atoms with Gasteiger partial charge in [0.1, 0.15) is 0 Å². The number of aromatic nitrogens is 8. The second-order valence-corrected chi connectivity index (χ2v) is 18.3. The van der Waals surface area contributed by atoms with Crippen LogP contribution in [0.2, 0.25) is 0 Å². The Morgan fingerprint density at radius 1 is 0.203 bits per heavy atom. The van der Waals surface area contributed by atoms with Gasteiger partial charge in [-0.15, -0.1) is 0 Å². The van der Waals surface area contributed by atoms with E-state index in [0.29, 0.717) is 34.9 Å². The molecule has 14 aromatic rings. The van der Waals surface area contributed by atoms with Gasteiger partial charge in [-0.2, -0.15) is 0 Å². The lowest BCUT2D eigenvalue weighted by molar-refractivity contribution is 1.07. The summed E-state index contributed by atoms with van der Waals surface area (Å²) >= 11 is 0. The number of fused-ring (bicyclic) bond motifs is 6. The first-order valence-corrected chi connectivity index (χ1v) is 24.7. The maximum Gasteiger partial charge on any atom is 0.164 e. The lowest BCUT2D eigenvalue weighted by Gasteiger charge is -2.15. The molecule has 0 atom stereocenters. The minimum absolute atomic E-state index is 0.522. The van der Waals surface area contributed by atoms with Crippen molar-refractivity contribution < 1.29 is 0 Å². The molecule has 4 heterocycles. The molecule has 0 bridgehead atoms. The van der Waals surface area contributed by atoms with Crippen molar-refractivity contribution in [1.82, 2.24) is 39.0 Å². The molecule has 0 saturated heterocycles. The van der Waals surface area contributed by atoms with Crippen molar-refractivity contribution in [2.45, 2.75) is 0 Å². The Labute approximate surface area is 426 Å². The van der Waals surface area contributed by atoms with Crippen LogP contribution in [-0.2, 0) is 0 Å². The van der Waals surface area contributed by atoms with Crippen LogP contribution in [0.1, 0.15) is 0 Å². The molecule has 346 valence electrons. The van der Waals surface area contributed by atoms with E-state index in [1.54, 1.807) is 0 Å². The van der Waals surface area contributed by atoms with Crippen molar-refractivity contribution in [3.05, 3.63) is 255 Å². The van der Waals surface area contributed by atoms with E-state index < -0.39 is 0 Å². The molecule has 10 aromatic carbocycles. The summed E-state index contributed by atoms with van der Waals surface area (Å²) < 4.78 is 4.67. The summed E-state index contributed by atoms with van der Waals surface area (Å²) in [6, 6.07) is 88.2. The number of nitrogens with zero attached hydrogens (tertiary/aromatic N) is 8. The molecule has 74 heavy (non-hydrogen) atoms. The zero-order chi connectivity index (χ0) is 49.0. The Morgan fingerprint density at radius 2 is 0.568 bits per heavy atom. The smallest absolute Gasteiger partial charge is 0.164 e. The molecule has 0 saturated carbocycles. The highest BCUT2D eigenvalue weighted by atomic mass is 15.1. The second kappa shape index (κ2) is 17.9. The molecule has 0 aliphatic rings. The third kappa shape index (κ3) is 7.48. The average molecular weight is 947 g/mol. The van der Waals surface area contributed by atoms with Gasteiger partial charge in [-0.05, 0) is 77.9 Å². The SMILES string of the molecule is c1ccc(-c2nc(-c3ccc(-c4ccc5c6ccccc6n(-c6ccccc6)c5c4)c(-c4nc(-c5ccccc5)nc(-c5ccccc5)n4)c3)nc(-c3ccc4c(c3)c3ccccc3n4-c3ccccc3)n2)cc1. The Hall–Kier alpha value is -10.2. The Balaban J connectivity index is 1.00. The van der Waals surface area contributed by atoms with Gasteiger partial charge in [0.2, 0.25) is 0 Å². The van der Waals surface area contributed by atoms with Crippen LogP contribution in [0, 0.1) is 0 Å². The largest absolute Gasteiger partial charge is 0.309 e. The third-order valence-electron chi connectivity index (χ3n) is 13.8. The third-order valence-corrected chi connectivity index (χ3v) is 13.8. The van der Waals surface area contributed by atoms with Gasteiger partial charge in [0.05, 0.1) is 22.1 Å². The van der Waals surface area contributed by atoms with Crippen molar-refractivity contribution in [3.8, 4) is 90.8 Å². The van der Waals surface area contributed by atoms with Gasteiger partial charge in [0.15, 0.2) is 34.9 Å². The van der Waals surface area contributed by atoms with Crippen molar-refractivity contribution >= 4 is 43.6 Å². The summed E-state index contributed by atoms with van der Waals surface area (Å²) in [5.41, 5.74) is 13.7. The van der Waals surface area contributed by atoms with Crippen LogP contribution in [0.15, 0.2) is 255 Å². The van der Waals surface area contributed by atoms with Gasteiger partial charge in [-0.1, -0.05) is 188 Å². The molecule has 0 aliphatic carbocycles. The van der Waals surface area contributed by atoms with E-state index in [1.165, 1.54) is 10.8 Å². The van der Waals surface area contributed by atoms with E-state index in [1.807, 2.05) is 91.0 Å². The van der Waals surface area contributed by atoms with E-state index in [4.69, 9.17) is 29.9 Å². The molecule has 0 radical (unpaired) electrons. The number of hydrogen-bond donors (Lipinski definition) is 0. The van der Waals surface area contributed by atoms with E-state index >= 15 is 0 Å². The number of rotatable bonds is 9. The first kappa shape index (κ1) is 42.7. The minimum atomic E-state index is 0.522. The van der Waals surface area contributed by atoms with E-state index in [0.717, 1.165) is 88.7 Å². The molecular formula is C66H42N8. The topological polar surface area (TPSA) is 87.2 Å². The van der Waals surface area contributed by atoms with Crippen LogP contribution >= 0.6 is 0 Å². The van der Waals surface area contributed by atoms with Gasteiger partial charge in [0.25, 0.3) is 0 Å². The van der Waals surface area contributed by atoms with Crippen LogP contribution in [0.3, 0.4) is 0 Å². The monoisotopic (exact) mass is 946 g/mol. The normalized spacial score (nSPS) is 11.5. The molecule has 0 aliphatic heterocycles. The standard InChI is InChI=1S/C66H42N8/c1-6-20-43(21-7-1)61-68-64(70-65(69-61)48-36-39-59-55(40-48)53-31-17-19-33-58(53)73(59)49-26-12-4-13-27-49)47-35-37-51(46-34-38-54-52-30-16-18-32-57(52)74(60(54)42-46)50-28-14-5-15-29-50)56(41-47)66-71-62(44-22-8-2-9-23-44)67-63(72-66)45-24-10-3-11-25-45/h1-42H. The van der Waals surface area contributed by atoms with E-state index in [2.05, 4.69) is 173 Å². The van der Waals surface area contributed by atoms with Crippen LogP contribution in [0.5, 0.6) is 0 Å². The maximum atomic E-state index is 5.34. The summed E-state index contributed by atoms with van der Waals surface area (Å²) in [7, 11) is 0. The zero-order valence-electron chi connectivity index (χ0n) is 39.8. The lowest BCUT2D eigenvalue weighted by Crippen LogP contribution is -2.03. The first-order chi connectivity index (χ1) is 36.7. The molecule has 8 heteroatoms. The fraction of sp³-hybridized carbons (Fsp3) is 0. The highest BCUT2D eigenvalue weighted by molar-refractivity contribution is 6.11. The molecule has 4 aromatic heterocycles. The highest BCUT2D eigenvalue weighted by Crippen LogP contribution is 2.41. The summed E-state index contributed by atoms with van der Waals surface area (Å²) in [6.07, 6.45) is 0. The molecule has 0 spiro atoms. The van der Waals surface area contributed by atoms with Gasteiger partial charge >= 0.3 is 0 Å². The predicted molar refractivity (Wildman–Crippen MR) is 300 cm³/mol. The van der Waals surface area contributed by atoms with Gasteiger partial charge < -0.3 is 9.13 Å². The number of benzene rings is 10. The molecule has 0 amide bonds. The van der Waals surface area contributed by atoms with Crippen molar-refractivity contribution in [3.63, 3.8) is 0 Å². The number of para-hydroxylation sites is 4. The summed E-state index contributed by atoms with van der Waals surface area (Å²) in [4.78, 5) is 31.5. The maximum absolute atomic E-state index is 5.34. The van der Waals surface area contributed by atoms with Gasteiger partial charge in [-0.25, -0.2) is 29.9 Å². The summed E-state index contributed by atoms with van der Waals surface area (Å²) in [6.45, 7) is 0. The van der Waals surface area contributed by atoms with Crippen LogP contribution in [0.4, 0.5) is 0 Å². The summed E-state index contributed by atoms with van der Waals surface area (Å²) in [5, 5.41) is 4.61. The molecule has 8 nitrogen and oxygen atoms in total. The molecule has 0 fully saturated rings. The van der Waals surface area contributed by atoms with Crippen LogP contribution in [0.25, 0.3) is 134 Å². The Bertz CT molecular complexity index is 4340. The molecule has 14 rings (SSSR count). The molecular weight excluding hydrogens is 905 g/mol. The first-order valence-electron chi connectivity index (χ1n) is 24.7. The lowest BCUT2D eigenvalue weighted by atomic mass is 9.95. The van der Waals surface area contributed by atoms with Crippen LogP contribution in [-0.4, -0.2) is 39.0 Å². The average Bonchev–Trinajstić information content (AvgIpc) is 4.00. The van der Waals surface area contributed by atoms with E-state index in [-0.39, 0.29) is 0 Å². The molecule has 0 N–H and O–H groups in total.